The highest BCUT2D eigenvalue weighted by Gasteiger charge is 2.18. The van der Waals surface area contributed by atoms with Gasteiger partial charge in [0, 0.05) is 11.5 Å². The Balaban J connectivity index is 2.81. The van der Waals surface area contributed by atoms with Crippen molar-refractivity contribution in [3.63, 3.8) is 0 Å². The normalized spacial score (nSPS) is 23.2. The largest absolute Gasteiger partial charge is 0.500 e. The molecule has 1 aliphatic rings. The first kappa shape index (κ1) is 8.16. The molecule has 0 saturated heterocycles. The number of allylic oxidation sites excluding steroid dienone is 4. The molecule has 1 atom stereocenters. The van der Waals surface area contributed by atoms with Crippen molar-refractivity contribution in [1.29, 1.82) is 5.26 Å². The van der Waals surface area contributed by atoms with Crippen LogP contribution >= 0.6 is 11.6 Å². The maximum absolute atomic E-state index is 8.65. The summed E-state index contributed by atoms with van der Waals surface area (Å²) in [5.41, 5.74) is 0. The number of halogens is 1. The van der Waals surface area contributed by atoms with E-state index >= 15 is 0 Å². The second kappa shape index (κ2) is 3.45. The molecule has 0 N–H and O–H groups in total. The van der Waals surface area contributed by atoms with E-state index in [1.165, 1.54) is 0 Å². The van der Waals surface area contributed by atoms with Crippen molar-refractivity contribution in [2.75, 3.05) is 7.11 Å². The zero-order valence-electron chi connectivity index (χ0n) is 6.17. The highest BCUT2D eigenvalue weighted by molar-refractivity contribution is 6.29. The lowest BCUT2D eigenvalue weighted by Gasteiger charge is -2.14. The molecule has 0 radical (unpaired) electrons. The molecule has 58 valence electrons. The van der Waals surface area contributed by atoms with E-state index < -0.39 is 0 Å². The van der Waals surface area contributed by atoms with E-state index in [1.807, 2.05) is 0 Å². The van der Waals surface area contributed by atoms with E-state index in [-0.39, 0.29) is 5.92 Å². The summed E-state index contributed by atoms with van der Waals surface area (Å²) in [6.07, 6.45) is 4.06. The van der Waals surface area contributed by atoms with Gasteiger partial charge >= 0.3 is 0 Å². The van der Waals surface area contributed by atoms with Gasteiger partial charge < -0.3 is 4.74 Å². The van der Waals surface area contributed by atoms with Crippen LogP contribution in [0.1, 0.15) is 6.42 Å². The predicted molar refractivity (Wildman–Crippen MR) is 42.7 cm³/mol. The molecule has 0 spiro atoms. The summed E-state index contributed by atoms with van der Waals surface area (Å²) in [5.74, 6) is 0.481. The number of hydrogen-bond acceptors (Lipinski definition) is 2. The summed E-state index contributed by atoms with van der Waals surface area (Å²) < 4.78 is 4.98. The van der Waals surface area contributed by atoms with Crippen molar-refractivity contribution in [2.45, 2.75) is 6.42 Å². The van der Waals surface area contributed by atoms with Crippen LogP contribution in [0.2, 0.25) is 0 Å². The summed E-state index contributed by atoms with van der Waals surface area (Å²) in [4.78, 5) is 0. The summed E-state index contributed by atoms with van der Waals surface area (Å²) in [5, 5.41) is 9.36. The van der Waals surface area contributed by atoms with Crippen molar-refractivity contribution in [1.82, 2.24) is 0 Å². The van der Waals surface area contributed by atoms with E-state index in [4.69, 9.17) is 21.6 Å². The van der Waals surface area contributed by atoms with Gasteiger partial charge in [-0.1, -0.05) is 11.6 Å². The molecule has 11 heavy (non-hydrogen) atoms. The smallest absolute Gasteiger partial charge is 0.113 e. The average Bonchev–Trinajstić information content (AvgIpc) is 2.04. The molecule has 0 aromatic heterocycles. The molecule has 3 heteroatoms. The summed E-state index contributed by atoms with van der Waals surface area (Å²) in [6.45, 7) is 0. The molecular weight excluding hydrogens is 162 g/mol. The fourth-order valence-corrected chi connectivity index (χ4v) is 1.19. The standard InChI is InChI=1S/C8H8ClNO/c1-11-8-3-2-7(9)4-6(8)5-10/h2-3,6H,4H2,1H3. The number of methoxy groups -OCH3 is 1. The van der Waals surface area contributed by atoms with Crippen LogP contribution in [0.5, 0.6) is 0 Å². The average molecular weight is 170 g/mol. The lowest BCUT2D eigenvalue weighted by atomic mass is 10.0. The molecule has 0 saturated carbocycles. The fourth-order valence-electron chi connectivity index (χ4n) is 0.972. The second-order valence-electron chi connectivity index (χ2n) is 2.27. The number of ether oxygens (including phenoxy) is 1. The quantitative estimate of drug-likeness (QED) is 0.603. The topological polar surface area (TPSA) is 33.0 Å². The molecule has 0 fully saturated rings. The highest BCUT2D eigenvalue weighted by atomic mass is 35.5. The maximum atomic E-state index is 8.65. The Morgan fingerprint density at radius 1 is 1.73 bits per heavy atom. The molecule has 0 heterocycles. The van der Waals surface area contributed by atoms with Gasteiger partial charge in [-0.15, -0.1) is 0 Å². The predicted octanol–water partition coefficient (Wildman–Crippen LogP) is 2.18. The zero-order chi connectivity index (χ0) is 8.27. The van der Waals surface area contributed by atoms with Crippen LogP contribution in [0.15, 0.2) is 22.9 Å². The van der Waals surface area contributed by atoms with Crippen LogP contribution in [0.3, 0.4) is 0 Å². The van der Waals surface area contributed by atoms with Gasteiger partial charge in [0.2, 0.25) is 0 Å². The first-order chi connectivity index (χ1) is 5.27. The Morgan fingerprint density at radius 3 is 3.00 bits per heavy atom. The molecule has 1 aliphatic carbocycles. The van der Waals surface area contributed by atoms with Crippen molar-refractivity contribution < 1.29 is 4.74 Å². The molecule has 1 rings (SSSR count). The molecule has 1 unspecified atom stereocenters. The minimum Gasteiger partial charge on any atom is -0.500 e. The molecule has 0 amide bonds. The molecular formula is C8H8ClNO. The first-order valence-electron chi connectivity index (χ1n) is 3.27. The van der Waals surface area contributed by atoms with Crippen molar-refractivity contribution >= 4 is 11.6 Å². The van der Waals surface area contributed by atoms with Gasteiger partial charge in [0.15, 0.2) is 0 Å². The van der Waals surface area contributed by atoms with E-state index in [0.717, 1.165) is 0 Å². The number of nitriles is 1. The minimum absolute atomic E-state index is 0.211. The monoisotopic (exact) mass is 169 g/mol. The number of nitrogens with zero attached hydrogens (tertiary/aromatic N) is 1. The van der Waals surface area contributed by atoms with Crippen LogP contribution in [0.25, 0.3) is 0 Å². The highest BCUT2D eigenvalue weighted by Crippen LogP contribution is 2.26. The maximum Gasteiger partial charge on any atom is 0.113 e. The van der Waals surface area contributed by atoms with Crippen molar-refractivity contribution in [3.8, 4) is 6.07 Å². The minimum atomic E-state index is -0.211. The Hall–Kier alpha value is -0.940. The fraction of sp³-hybridized carbons (Fsp3) is 0.375. The third-order valence-corrected chi connectivity index (χ3v) is 1.84. The van der Waals surface area contributed by atoms with E-state index in [0.29, 0.717) is 17.2 Å². The Labute approximate surface area is 70.7 Å². The Kier molecular flexibility index (Phi) is 2.56. The number of hydrogen-bond donors (Lipinski definition) is 0. The molecule has 0 bridgehead atoms. The van der Waals surface area contributed by atoms with Gasteiger partial charge in [-0.3, -0.25) is 0 Å². The zero-order valence-corrected chi connectivity index (χ0v) is 6.93. The van der Waals surface area contributed by atoms with Crippen molar-refractivity contribution in [3.05, 3.63) is 22.9 Å². The third-order valence-electron chi connectivity index (χ3n) is 1.56. The van der Waals surface area contributed by atoms with Crippen LogP contribution in [-0.2, 0) is 4.74 Å². The lowest BCUT2D eigenvalue weighted by Crippen LogP contribution is -2.06. The van der Waals surface area contributed by atoms with Crippen molar-refractivity contribution in [2.24, 2.45) is 5.92 Å². The SMILES string of the molecule is COC1=CC=C(Cl)CC1C#N. The van der Waals surface area contributed by atoms with E-state index in [9.17, 15) is 0 Å². The third kappa shape index (κ3) is 1.75. The van der Waals surface area contributed by atoms with Gasteiger partial charge in [-0.05, 0) is 12.2 Å². The van der Waals surface area contributed by atoms with Crippen LogP contribution < -0.4 is 0 Å². The van der Waals surface area contributed by atoms with Crippen LogP contribution in [0, 0.1) is 17.2 Å². The van der Waals surface area contributed by atoms with Crippen LogP contribution in [0.4, 0.5) is 0 Å². The van der Waals surface area contributed by atoms with Gasteiger partial charge in [-0.25, -0.2) is 0 Å². The molecule has 0 aliphatic heterocycles. The van der Waals surface area contributed by atoms with E-state index in [1.54, 1.807) is 19.3 Å². The van der Waals surface area contributed by atoms with Gasteiger partial charge in [-0.2, -0.15) is 5.26 Å². The first-order valence-corrected chi connectivity index (χ1v) is 3.65. The summed E-state index contributed by atoms with van der Waals surface area (Å²) in [7, 11) is 1.56. The summed E-state index contributed by atoms with van der Waals surface area (Å²) >= 11 is 5.72. The Morgan fingerprint density at radius 2 is 2.45 bits per heavy atom. The Bertz CT molecular complexity index is 249. The number of rotatable bonds is 1. The molecule has 2 nitrogen and oxygen atoms in total. The summed E-state index contributed by atoms with van der Waals surface area (Å²) in [6, 6.07) is 2.12. The van der Waals surface area contributed by atoms with E-state index in [2.05, 4.69) is 6.07 Å². The van der Waals surface area contributed by atoms with Crippen LogP contribution in [-0.4, -0.2) is 7.11 Å². The van der Waals surface area contributed by atoms with Gasteiger partial charge in [0.05, 0.1) is 13.2 Å². The molecule has 0 aromatic carbocycles. The lowest BCUT2D eigenvalue weighted by molar-refractivity contribution is 0.257. The molecule has 0 aromatic rings. The second-order valence-corrected chi connectivity index (χ2v) is 2.76. The van der Waals surface area contributed by atoms with Gasteiger partial charge in [0.25, 0.3) is 0 Å². The van der Waals surface area contributed by atoms with Gasteiger partial charge in [0.1, 0.15) is 11.7 Å².